The largest absolute Gasteiger partial charge is 0.351 e. The number of aromatic nitrogens is 1. The molecular formula is C11H10BrNO. The first-order valence-electron chi connectivity index (χ1n) is 4.53. The second-order valence-corrected chi connectivity index (χ2v) is 3.93. The molecule has 1 aromatic carbocycles. The van der Waals surface area contributed by atoms with Gasteiger partial charge in [0.05, 0.1) is 10.2 Å². The summed E-state index contributed by atoms with van der Waals surface area (Å²) in [5.41, 5.74) is 1.67. The van der Waals surface area contributed by atoms with Crippen LogP contribution in [0, 0.1) is 0 Å². The van der Waals surface area contributed by atoms with E-state index in [1.165, 1.54) is 0 Å². The van der Waals surface area contributed by atoms with Gasteiger partial charge in [-0.05, 0) is 22.0 Å². The van der Waals surface area contributed by atoms with Crippen LogP contribution in [0.5, 0.6) is 0 Å². The average molecular weight is 252 g/mol. The van der Waals surface area contributed by atoms with Crippen molar-refractivity contribution >= 4 is 32.6 Å². The molecule has 0 radical (unpaired) electrons. The fourth-order valence-corrected chi connectivity index (χ4v) is 2.14. The molecule has 2 nitrogen and oxygen atoms in total. The van der Waals surface area contributed by atoms with Crippen LogP contribution in [0.15, 0.2) is 28.7 Å². The van der Waals surface area contributed by atoms with Gasteiger partial charge in [0.15, 0.2) is 5.78 Å². The number of halogens is 1. The van der Waals surface area contributed by atoms with E-state index in [0.717, 1.165) is 15.4 Å². The SMILES string of the molecule is CCC(=O)c1[nH]c2ccccc2c1Br. The van der Waals surface area contributed by atoms with E-state index in [2.05, 4.69) is 20.9 Å². The third-order valence-corrected chi connectivity index (χ3v) is 3.07. The van der Waals surface area contributed by atoms with Crippen molar-refractivity contribution in [2.75, 3.05) is 0 Å². The summed E-state index contributed by atoms with van der Waals surface area (Å²) in [4.78, 5) is 14.7. The summed E-state index contributed by atoms with van der Waals surface area (Å²) in [6, 6.07) is 7.86. The summed E-state index contributed by atoms with van der Waals surface area (Å²) >= 11 is 3.44. The summed E-state index contributed by atoms with van der Waals surface area (Å²) in [5.74, 6) is 0.132. The number of H-pyrrole nitrogens is 1. The molecule has 0 aliphatic heterocycles. The number of rotatable bonds is 2. The lowest BCUT2D eigenvalue weighted by Gasteiger charge is -1.92. The Morgan fingerprint density at radius 2 is 2.14 bits per heavy atom. The molecule has 1 N–H and O–H groups in total. The quantitative estimate of drug-likeness (QED) is 0.815. The predicted molar refractivity (Wildman–Crippen MR) is 60.6 cm³/mol. The van der Waals surface area contributed by atoms with E-state index in [9.17, 15) is 4.79 Å². The number of carbonyl (C=O) groups is 1. The molecule has 1 aromatic heterocycles. The maximum atomic E-state index is 11.5. The van der Waals surface area contributed by atoms with Crippen LogP contribution >= 0.6 is 15.9 Å². The zero-order valence-electron chi connectivity index (χ0n) is 7.80. The molecule has 72 valence electrons. The molecule has 0 aliphatic rings. The summed E-state index contributed by atoms with van der Waals surface area (Å²) < 4.78 is 0.875. The van der Waals surface area contributed by atoms with Crippen LogP contribution in [0.1, 0.15) is 23.8 Å². The number of nitrogens with one attached hydrogen (secondary N) is 1. The lowest BCUT2D eigenvalue weighted by atomic mass is 10.2. The predicted octanol–water partition coefficient (Wildman–Crippen LogP) is 3.52. The highest BCUT2D eigenvalue weighted by Gasteiger charge is 2.13. The molecule has 2 rings (SSSR count). The Kier molecular flexibility index (Phi) is 2.42. The van der Waals surface area contributed by atoms with Crippen LogP contribution < -0.4 is 0 Å². The standard InChI is InChI=1S/C11H10BrNO/c1-2-9(14)11-10(12)7-5-3-4-6-8(7)13-11/h3-6,13H,2H2,1H3. The molecule has 0 spiro atoms. The molecule has 0 aliphatic carbocycles. The van der Waals surface area contributed by atoms with E-state index in [1.54, 1.807) is 0 Å². The van der Waals surface area contributed by atoms with E-state index in [1.807, 2.05) is 31.2 Å². The maximum Gasteiger partial charge on any atom is 0.179 e. The monoisotopic (exact) mass is 251 g/mol. The highest BCUT2D eigenvalue weighted by molar-refractivity contribution is 9.10. The lowest BCUT2D eigenvalue weighted by Crippen LogP contribution is -1.96. The molecule has 0 fully saturated rings. The molecule has 0 saturated heterocycles. The van der Waals surface area contributed by atoms with Crippen LogP contribution in [0.4, 0.5) is 0 Å². The maximum absolute atomic E-state index is 11.5. The summed E-state index contributed by atoms with van der Waals surface area (Å²) in [6.07, 6.45) is 0.519. The normalized spacial score (nSPS) is 10.7. The van der Waals surface area contributed by atoms with E-state index >= 15 is 0 Å². The number of para-hydroxylation sites is 1. The second kappa shape index (κ2) is 3.58. The van der Waals surface area contributed by atoms with Crippen molar-refractivity contribution in [1.82, 2.24) is 4.98 Å². The first-order valence-corrected chi connectivity index (χ1v) is 5.32. The minimum atomic E-state index is 0.132. The third kappa shape index (κ3) is 1.38. The van der Waals surface area contributed by atoms with Crippen LogP contribution in [-0.2, 0) is 0 Å². The van der Waals surface area contributed by atoms with Gasteiger partial charge in [0, 0.05) is 17.3 Å². The minimum Gasteiger partial charge on any atom is -0.351 e. The van der Waals surface area contributed by atoms with E-state index < -0.39 is 0 Å². The summed E-state index contributed by atoms with van der Waals surface area (Å²) in [5, 5.41) is 1.06. The topological polar surface area (TPSA) is 32.9 Å². The number of aromatic amines is 1. The highest BCUT2D eigenvalue weighted by Crippen LogP contribution is 2.28. The molecule has 14 heavy (non-hydrogen) atoms. The van der Waals surface area contributed by atoms with E-state index in [-0.39, 0.29) is 5.78 Å². The molecule has 1 heterocycles. The van der Waals surface area contributed by atoms with E-state index in [0.29, 0.717) is 12.1 Å². The van der Waals surface area contributed by atoms with Gasteiger partial charge in [0.25, 0.3) is 0 Å². The van der Waals surface area contributed by atoms with Crippen molar-refractivity contribution in [2.45, 2.75) is 13.3 Å². The van der Waals surface area contributed by atoms with Crippen molar-refractivity contribution in [3.63, 3.8) is 0 Å². The van der Waals surface area contributed by atoms with Gasteiger partial charge in [-0.3, -0.25) is 4.79 Å². The van der Waals surface area contributed by atoms with Crippen molar-refractivity contribution in [1.29, 1.82) is 0 Å². The number of fused-ring (bicyclic) bond motifs is 1. The van der Waals surface area contributed by atoms with Gasteiger partial charge in [-0.2, -0.15) is 0 Å². The summed E-state index contributed by atoms with van der Waals surface area (Å²) in [7, 11) is 0. The highest BCUT2D eigenvalue weighted by atomic mass is 79.9. The fraction of sp³-hybridized carbons (Fsp3) is 0.182. The van der Waals surface area contributed by atoms with Crippen molar-refractivity contribution in [2.24, 2.45) is 0 Å². The number of hydrogen-bond acceptors (Lipinski definition) is 1. The van der Waals surface area contributed by atoms with Gasteiger partial charge >= 0.3 is 0 Å². The zero-order chi connectivity index (χ0) is 10.1. The Bertz CT molecular complexity index is 487. The molecule has 3 heteroatoms. The summed E-state index contributed by atoms with van der Waals surface area (Å²) in [6.45, 7) is 1.86. The van der Waals surface area contributed by atoms with Gasteiger partial charge in [-0.1, -0.05) is 25.1 Å². The van der Waals surface area contributed by atoms with Crippen molar-refractivity contribution < 1.29 is 4.79 Å². The molecule has 2 aromatic rings. The number of carbonyl (C=O) groups excluding carboxylic acids is 1. The van der Waals surface area contributed by atoms with Gasteiger partial charge in [-0.15, -0.1) is 0 Å². The number of hydrogen-bond donors (Lipinski definition) is 1. The van der Waals surface area contributed by atoms with Crippen molar-refractivity contribution in [3.8, 4) is 0 Å². The van der Waals surface area contributed by atoms with Crippen LogP contribution in [0.3, 0.4) is 0 Å². The Morgan fingerprint density at radius 3 is 2.79 bits per heavy atom. The van der Waals surface area contributed by atoms with E-state index in [4.69, 9.17) is 0 Å². The molecule has 0 saturated carbocycles. The van der Waals surface area contributed by atoms with Gasteiger partial charge in [0.2, 0.25) is 0 Å². The fourth-order valence-electron chi connectivity index (χ4n) is 1.48. The molecular weight excluding hydrogens is 242 g/mol. The second-order valence-electron chi connectivity index (χ2n) is 3.14. The molecule has 0 amide bonds. The van der Waals surface area contributed by atoms with Gasteiger partial charge in [0.1, 0.15) is 0 Å². The average Bonchev–Trinajstić information content (AvgIpc) is 2.56. The number of benzene rings is 1. The Morgan fingerprint density at radius 1 is 1.43 bits per heavy atom. The Labute approximate surface area is 90.4 Å². The third-order valence-electron chi connectivity index (χ3n) is 2.24. The zero-order valence-corrected chi connectivity index (χ0v) is 9.39. The molecule has 0 bridgehead atoms. The lowest BCUT2D eigenvalue weighted by molar-refractivity contribution is 0.0983. The Balaban J connectivity index is 2.68. The smallest absolute Gasteiger partial charge is 0.179 e. The van der Waals surface area contributed by atoms with Gasteiger partial charge < -0.3 is 4.98 Å². The molecule has 0 unspecified atom stereocenters. The number of ketones is 1. The minimum absolute atomic E-state index is 0.132. The Hall–Kier alpha value is -1.09. The first-order chi connectivity index (χ1) is 6.74. The van der Waals surface area contributed by atoms with Crippen LogP contribution in [0.2, 0.25) is 0 Å². The first kappa shape index (κ1) is 9.46. The van der Waals surface area contributed by atoms with Crippen molar-refractivity contribution in [3.05, 3.63) is 34.4 Å². The molecule has 0 atom stereocenters. The van der Waals surface area contributed by atoms with Gasteiger partial charge in [-0.25, -0.2) is 0 Å². The van der Waals surface area contributed by atoms with Crippen LogP contribution in [-0.4, -0.2) is 10.8 Å². The van der Waals surface area contributed by atoms with Crippen LogP contribution in [0.25, 0.3) is 10.9 Å². The number of Topliss-reactive ketones (excluding diaryl/α,β-unsaturated/α-hetero) is 1.